The monoisotopic (exact) mass is 289 g/mol. The van der Waals surface area contributed by atoms with Crippen molar-refractivity contribution in [3.8, 4) is 11.5 Å². The van der Waals surface area contributed by atoms with Crippen LogP contribution in [-0.4, -0.2) is 42.4 Å². The zero-order valence-corrected chi connectivity index (χ0v) is 11.1. The molecule has 0 saturated carbocycles. The van der Waals surface area contributed by atoms with E-state index >= 15 is 0 Å². The second-order valence-corrected chi connectivity index (χ2v) is 5.17. The Bertz CT molecular complexity index is 437. The number of nitrogens with zero attached hydrogens (tertiary/aromatic N) is 1. The maximum Gasteiger partial charge on any atom is 0.401 e. The molecule has 0 amide bonds. The van der Waals surface area contributed by atoms with E-state index in [4.69, 9.17) is 4.74 Å². The Hall–Kier alpha value is -1.43. The van der Waals surface area contributed by atoms with Gasteiger partial charge in [-0.25, -0.2) is 0 Å². The van der Waals surface area contributed by atoms with E-state index in [1.807, 2.05) is 0 Å². The van der Waals surface area contributed by atoms with Gasteiger partial charge in [0.25, 0.3) is 0 Å². The number of benzene rings is 1. The first-order valence-electron chi connectivity index (χ1n) is 6.63. The van der Waals surface area contributed by atoms with Gasteiger partial charge in [0.05, 0.1) is 13.2 Å². The summed E-state index contributed by atoms with van der Waals surface area (Å²) in [6.45, 7) is 0.411. The number of hydrogen-bond donors (Lipinski definition) is 1. The lowest BCUT2D eigenvalue weighted by molar-refractivity contribution is -0.149. The molecule has 1 saturated heterocycles. The molecule has 1 N–H and O–H groups in total. The molecule has 112 valence electrons. The van der Waals surface area contributed by atoms with Gasteiger partial charge in [-0.2, -0.15) is 13.2 Å². The summed E-state index contributed by atoms with van der Waals surface area (Å²) < 4.78 is 42.6. The van der Waals surface area contributed by atoms with Crippen LogP contribution in [0.1, 0.15) is 12.8 Å². The third-order valence-corrected chi connectivity index (χ3v) is 3.31. The van der Waals surface area contributed by atoms with Crippen molar-refractivity contribution in [2.75, 3.05) is 26.2 Å². The highest BCUT2D eigenvalue weighted by molar-refractivity contribution is 5.31. The van der Waals surface area contributed by atoms with Crippen molar-refractivity contribution in [3.05, 3.63) is 24.3 Å². The highest BCUT2D eigenvalue weighted by atomic mass is 19.4. The minimum atomic E-state index is -4.14. The number of alkyl halides is 3. The van der Waals surface area contributed by atoms with Crippen molar-refractivity contribution in [2.45, 2.75) is 19.0 Å². The Balaban J connectivity index is 1.81. The first-order chi connectivity index (χ1) is 9.42. The van der Waals surface area contributed by atoms with Crippen LogP contribution in [-0.2, 0) is 0 Å². The van der Waals surface area contributed by atoms with E-state index in [2.05, 4.69) is 0 Å². The first-order valence-corrected chi connectivity index (χ1v) is 6.63. The fourth-order valence-corrected chi connectivity index (χ4v) is 2.47. The smallest absolute Gasteiger partial charge is 0.401 e. The van der Waals surface area contributed by atoms with Crippen molar-refractivity contribution < 1.29 is 23.0 Å². The Morgan fingerprint density at radius 1 is 1.35 bits per heavy atom. The predicted molar refractivity (Wildman–Crippen MR) is 68.8 cm³/mol. The van der Waals surface area contributed by atoms with Crippen molar-refractivity contribution in [3.63, 3.8) is 0 Å². The molecule has 3 nitrogen and oxygen atoms in total. The summed E-state index contributed by atoms with van der Waals surface area (Å²) in [6, 6.07) is 6.42. The van der Waals surface area contributed by atoms with Gasteiger partial charge in [0, 0.05) is 18.5 Å². The minimum Gasteiger partial charge on any atom is -0.508 e. The van der Waals surface area contributed by atoms with Gasteiger partial charge in [-0.3, -0.25) is 4.90 Å². The highest BCUT2D eigenvalue weighted by Gasteiger charge is 2.33. The van der Waals surface area contributed by atoms with Gasteiger partial charge in [-0.15, -0.1) is 0 Å². The molecule has 0 aromatic heterocycles. The maximum atomic E-state index is 12.4. The number of likely N-dealkylation sites (tertiary alicyclic amines) is 1. The largest absolute Gasteiger partial charge is 0.508 e. The molecule has 1 aliphatic heterocycles. The second kappa shape index (κ2) is 6.35. The molecule has 0 aliphatic carbocycles. The Labute approximate surface area is 116 Å². The second-order valence-electron chi connectivity index (χ2n) is 5.17. The van der Waals surface area contributed by atoms with E-state index < -0.39 is 12.7 Å². The number of rotatable bonds is 4. The Morgan fingerprint density at radius 2 is 2.15 bits per heavy atom. The first kappa shape index (κ1) is 15.0. The SMILES string of the molecule is Oc1cccc(OC[C@H]2CCCN(CC(F)(F)F)C2)c1. The topological polar surface area (TPSA) is 32.7 Å². The quantitative estimate of drug-likeness (QED) is 0.924. The van der Waals surface area contributed by atoms with E-state index in [0.717, 1.165) is 12.8 Å². The van der Waals surface area contributed by atoms with Crippen molar-refractivity contribution >= 4 is 0 Å². The lowest BCUT2D eigenvalue weighted by atomic mass is 9.99. The lowest BCUT2D eigenvalue weighted by Crippen LogP contribution is -2.42. The summed E-state index contributed by atoms with van der Waals surface area (Å²) in [6.07, 6.45) is -2.52. The van der Waals surface area contributed by atoms with Crippen LogP contribution in [0.15, 0.2) is 24.3 Å². The molecule has 0 radical (unpaired) electrons. The van der Waals surface area contributed by atoms with E-state index in [1.165, 1.54) is 11.0 Å². The van der Waals surface area contributed by atoms with Gasteiger partial charge in [-0.1, -0.05) is 6.07 Å². The van der Waals surface area contributed by atoms with Crippen LogP contribution in [0.2, 0.25) is 0 Å². The molecule has 0 unspecified atom stereocenters. The summed E-state index contributed by atoms with van der Waals surface area (Å²) in [7, 11) is 0. The molecule has 0 spiro atoms. The van der Waals surface area contributed by atoms with Gasteiger partial charge >= 0.3 is 6.18 Å². The van der Waals surface area contributed by atoms with Crippen LogP contribution in [0, 0.1) is 5.92 Å². The summed E-state index contributed by atoms with van der Waals surface area (Å²) in [5.74, 6) is 0.747. The fraction of sp³-hybridized carbons (Fsp3) is 0.571. The average molecular weight is 289 g/mol. The average Bonchev–Trinajstić information content (AvgIpc) is 2.35. The van der Waals surface area contributed by atoms with Gasteiger partial charge < -0.3 is 9.84 Å². The number of phenolic OH excluding ortho intramolecular Hbond substituents is 1. The third kappa shape index (κ3) is 4.92. The van der Waals surface area contributed by atoms with Crippen molar-refractivity contribution in [1.29, 1.82) is 0 Å². The summed E-state index contributed by atoms with van der Waals surface area (Å²) in [5, 5.41) is 9.31. The lowest BCUT2D eigenvalue weighted by Gasteiger charge is -2.32. The van der Waals surface area contributed by atoms with Crippen molar-refractivity contribution in [1.82, 2.24) is 4.90 Å². The van der Waals surface area contributed by atoms with Crippen LogP contribution < -0.4 is 4.74 Å². The zero-order valence-electron chi connectivity index (χ0n) is 11.1. The van der Waals surface area contributed by atoms with Crippen LogP contribution in [0.5, 0.6) is 11.5 Å². The molecule has 1 aromatic rings. The molecule has 1 heterocycles. The highest BCUT2D eigenvalue weighted by Crippen LogP contribution is 2.24. The minimum absolute atomic E-state index is 0.0912. The summed E-state index contributed by atoms with van der Waals surface area (Å²) in [4.78, 5) is 1.43. The molecule has 1 aliphatic rings. The summed E-state index contributed by atoms with van der Waals surface area (Å²) in [5.41, 5.74) is 0. The van der Waals surface area contributed by atoms with Crippen LogP contribution in [0.4, 0.5) is 13.2 Å². The Kier molecular flexibility index (Phi) is 4.75. The number of aromatic hydroxyl groups is 1. The van der Waals surface area contributed by atoms with Gasteiger partial charge in [-0.05, 0) is 31.5 Å². The normalized spacial score (nSPS) is 20.9. The Morgan fingerprint density at radius 3 is 2.85 bits per heavy atom. The summed E-state index contributed by atoms with van der Waals surface area (Å²) >= 11 is 0. The molecular formula is C14H18F3NO2. The van der Waals surface area contributed by atoms with E-state index in [1.54, 1.807) is 18.2 Å². The number of hydrogen-bond acceptors (Lipinski definition) is 3. The number of piperidine rings is 1. The maximum absolute atomic E-state index is 12.4. The van der Waals surface area contributed by atoms with E-state index in [-0.39, 0.29) is 11.7 Å². The van der Waals surface area contributed by atoms with Crippen molar-refractivity contribution in [2.24, 2.45) is 5.92 Å². The molecule has 1 atom stereocenters. The van der Waals surface area contributed by atoms with Crippen LogP contribution in [0.3, 0.4) is 0 Å². The van der Waals surface area contributed by atoms with E-state index in [0.29, 0.717) is 25.4 Å². The third-order valence-electron chi connectivity index (χ3n) is 3.31. The zero-order chi connectivity index (χ0) is 14.6. The van der Waals surface area contributed by atoms with Gasteiger partial charge in [0.15, 0.2) is 0 Å². The molecule has 1 fully saturated rings. The molecular weight excluding hydrogens is 271 g/mol. The van der Waals surface area contributed by atoms with Crippen LogP contribution >= 0.6 is 0 Å². The number of ether oxygens (including phenoxy) is 1. The molecule has 20 heavy (non-hydrogen) atoms. The van der Waals surface area contributed by atoms with E-state index in [9.17, 15) is 18.3 Å². The van der Waals surface area contributed by atoms with Gasteiger partial charge in [0.2, 0.25) is 0 Å². The van der Waals surface area contributed by atoms with Gasteiger partial charge in [0.1, 0.15) is 11.5 Å². The molecule has 2 rings (SSSR count). The number of halogens is 3. The standard InChI is InChI=1S/C14H18F3NO2/c15-14(16,17)10-18-6-2-3-11(8-18)9-20-13-5-1-4-12(19)7-13/h1,4-5,7,11,19H,2-3,6,8-10H2/t11-/m0/s1. The number of phenols is 1. The molecule has 1 aromatic carbocycles. The fourth-order valence-electron chi connectivity index (χ4n) is 2.47. The van der Waals surface area contributed by atoms with Crippen LogP contribution in [0.25, 0.3) is 0 Å². The molecule has 0 bridgehead atoms. The predicted octanol–water partition coefficient (Wildman–Crippen LogP) is 3.05. The molecule has 6 heteroatoms.